The number of nitrogens with zero attached hydrogens (tertiary/aromatic N) is 4. The van der Waals surface area contributed by atoms with Gasteiger partial charge < -0.3 is 15.5 Å². The molecule has 6 nitrogen and oxygen atoms in total. The molecule has 2 fully saturated rings. The highest BCUT2D eigenvalue weighted by Gasteiger charge is 2.20. The number of hydrogen-bond donors (Lipinski definition) is 2. The number of nitrogens with one attached hydrogen (secondary N) is 2. The minimum atomic E-state index is 0.464. The number of aromatic nitrogens is 1. The number of guanidine groups is 1. The summed E-state index contributed by atoms with van der Waals surface area (Å²) in [6, 6.07) is 15.6. The number of benzene rings is 1. The van der Waals surface area contributed by atoms with E-state index in [2.05, 4.69) is 75.7 Å². The molecule has 0 bridgehead atoms. The summed E-state index contributed by atoms with van der Waals surface area (Å²) in [7, 11) is 0. The summed E-state index contributed by atoms with van der Waals surface area (Å²) in [4.78, 5) is 14.3. The van der Waals surface area contributed by atoms with Gasteiger partial charge in [-0.25, -0.2) is 4.99 Å². The first-order valence-corrected chi connectivity index (χ1v) is 12.7. The van der Waals surface area contributed by atoms with Crippen molar-refractivity contribution in [1.82, 2.24) is 20.5 Å². The molecule has 0 aliphatic carbocycles. The van der Waals surface area contributed by atoms with Crippen molar-refractivity contribution >= 4 is 11.6 Å². The number of anilines is 1. The van der Waals surface area contributed by atoms with E-state index >= 15 is 0 Å². The summed E-state index contributed by atoms with van der Waals surface area (Å²) >= 11 is 0. The minimum absolute atomic E-state index is 0.464. The lowest BCUT2D eigenvalue weighted by Crippen LogP contribution is -2.48. The van der Waals surface area contributed by atoms with Crippen LogP contribution in [0.15, 0.2) is 53.7 Å². The number of likely N-dealkylation sites (tertiary alicyclic amines) is 1. The van der Waals surface area contributed by atoms with Crippen LogP contribution in [0, 0.1) is 5.92 Å². The Hall–Kier alpha value is -2.60. The van der Waals surface area contributed by atoms with Gasteiger partial charge in [-0.05, 0) is 68.4 Å². The number of piperidine rings is 2. The zero-order valence-electron chi connectivity index (χ0n) is 20.3. The highest BCUT2D eigenvalue weighted by molar-refractivity contribution is 5.80. The van der Waals surface area contributed by atoms with Gasteiger partial charge in [-0.3, -0.25) is 9.88 Å². The molecule has 0 atom stereocenters. The molecule has 1 aromatic heterocycles. The van der Waals surface area contributed by atoms with Gasteiger partial charge in [0.25, 0.3) is 0 Å². The predicted molar refractivity (Wildman–Crippen MR) is 138 cm³/mol. The van der Waals surface area contributed by atoms with E-state index in [1.54, 1.807) is 0 Å². The number of hydrogen-bond acceptors (Lipinski definition) is 4. The second-order valence-corrected chi connectivity index (χ2v) is 9.55. The van der Waals surface area contributed by atoms with Crippen LogP contribution in [0.2, 0.25) is 0 Å². The molecule has 0 unspecified atom stereocenters. The number of aliphatic imine (C=N–C) groups is 1. The summed E-state index contributed by atoms with van der Waals surface area (Å²) in [6.07, 6.45) is 6.73. The lowest BCUT2D eigenvalue weighted by Gasteiger charge is -2.33. The fourth-order valence-corrected chi connectivity index (χ4v) is 4.72. The second kappa shape index (κ2) is 12.0. The molecule has 0 radical (unpaired) electrons. The minimum Gasteiger partial charge on any atom is -0.372 e. The van der Waals surface area contributed by atoms with Gasteiger partial charge in [-0.2, -0.15) is 0 Å². The zero-order chi connectivity index (χ0) is 22.9. The van der Waals surface area contributed by atoms with Crippen molar-refractivity contribution in [3.63, 3.8) is 0 Å². The molecule has 6 heteroatoms. The average molecular weight is 449 g/mol. The fourth-order valence-electron chi connectivity index (χ4n) is 4.72. The van der Waals surface area contributed by atoms with Gasteiger partial charge in [0.1, 0.15) is 0 Å². The molecule has 2 aliphatic heterocycles. The lowest BCUT2D eigenvalue weighted by molar-refractivity contribution is 0.196. The largest absolute Gasteiger partial charge is 0.372 e. The first-order valence-electron chi connectivity index (χ1n) is 12.7. The molecule has 2 aromatic rings. The molecule has 2 N–H and O–H groups in total. The first kappa shape index (κ1) is 23.6. The van der Waals surface area contributed by atoms with E-state index < -0.39 is 0 Å². The van der Waals surface area contributed by atoms with Crippen molar-refractivity contribution < 1.29 is 0 Å². The molecule has 3 heterocycles. The molecule has 0 amide bonds. The molecule has 2 saturated heterocycles. The SMILES string of the molecule is CCNC(=NCc1ccc(N2CCC(C)CC2)cc1)NC1CCN(Cc2ccccn2)CC1. The maximum Gasteiger partial charge on any atom is 0.191 e. The van der Waals surface area contributed by atoms with Crippen LogP contribution in [0.4, 0.5) is 5.69 Å². The van der Waals surface area contributed by atoms with Crippen LogP contribution < -0.4 is 15.5 Å². The third-order valence-corrected chi connectivity index (χ3v) is 6.89. The monoisotopic (exact) mass is 448 g/mol. The molecule has 0 spiro atoms. The second-order valence-electron chi connectivity index (χ2n) is 9.55. The maximum atomic E-state index is 4.87. The van der Waals surface area contributed by atoms with Crippen LogP contribution >= 0.6 is 0 Å². The van der Waals surface area contributed by atoms with E-state index in [0.717, 1.165) is 56.6 Å². The van der Waals surface area contributed by atoms with Crippen LogP contribution in [0.25, 0.3) is 0 Å². The van der Waals surface area contributed by atoms with Gasteiger partial charge in [-0.15, -0.1) is 0 Å². The molecular weight excluding hydrogens is 408 g/mol. The van der Waals surface area contributed by atoms with Gasteiger partial charge in [0.2, 0.25) is 0 Å². The Kier molecular flexibility index (Phi) is 8.59. The van der Waals surface area contributed by atoms with Crippen molar-refractivity contribution in [2.24, 2.45) is 10.9 Å². The smallest absolute Gasteiger partial charge is 0.191 e. The lowest BCUT2D eigenvalue weighted by atomic mass is 9.99. The third kappa shape index (κ3) is 7.19. The molecule has 1 aromatic carbocycles. The standard InChI is InChI=1S/C27H40N6/c1-3-28-27(31-24-13-16-32(17-14-24)21-25-6-4-5-15-29-25)30-20-23-7-9-26(10-8-23)33-18-11-22(2)12-19-33/h4-10,15,22,24H,3,11-14,16-21H2,1-2H3,(H2,28,30,31). The van der Waals surface area contributed by atoms with Crippen molar-refractivity contribution in [3.8, 4) is 0 Å². The van der Waals surface area contributed by atoms with E-state index in [1.807, 2.05) is 12.3 Å². The topological polar surface area (TPSA) is 55.8 Å². The summed E-state index contributed by atoms with van der Waals surface area (Å²) in [5.74, 6) is 1.79. The van der Waals surface area contributed by atoms with Crippen LogP contribution in [-0.4, -0.2) is 54.6 Å². The number of pyridine rings is 1. The molecular formula is C27H40N6. The maximum absolute atomic E-state index is 4.87. The molecule has 2 aliphatic rings. The molecule has 178 valence electrons. The van der Waals surface area contributed by atoms with Crippen molar-refractivity contribution in [2.75, 3.05) is 37.6 Å². The Morgan fingerprint density at radius 3 is 2.42 bits per heavy atom. The molecule has 33 heavy (non-hydrogen) atoms. The summed E-state index contributed by atoms with van der Waals surface area (Å²) < 4.78 is 0. The van der Waals surface area contributed by atoms with Crippen molar-refractivity contribution in [1.29, 1.82) is 0 Å². The Labute approximate surface area is 199 Å². The van der Waals surface area contributed by atoms with Gasteiger partial charge in [-0.1, -0.05) is 25.1 Å². The van der Waals surface area contributed by atoms with E-state index in [1.165, 1.54) is 37.2 Å². The average Bonchev–Trinajstić information content (AvgIpc) is 2.85. The van der Waals surface area contributed by atoms with Gasteiger partial charge in [0, 0.05) is 57.2 Å². The van der Waals surface area contributed by atoms with Crippen LogP contribution in [-0.2, 0) is 13.1 Å². The van der Waals surface area contributed by atoms with Gasteiger partial charge in [0.05, 0.1) is 12.2 Å². The Bertz CT molecular complexity index is 850. The van der Waals surface area contributed by atoms with Crippen molar-refractivity contribution in [3.05, 3.63) is 59.9 Å². The van der Waals surface area contributed by atoms with E-state index in [-0.39, 0.29) is 0 Å². The Balaban J connectivity index is 1.25. The van der Waals surface area contributed by atoms with Crippen molar-refractivity contribution in [2.45, 2.75) is 58.7 Å². The summed E-state index contributed by atoms with van der Waals surface area (Å²) in [5.41, 5.74) is 3.75. The highest BCUT2D eigenvalue weighted by atomic mass is 15.2. The normalized spacial score (nSPS) is 19.0. The van der Waals surface area contributed by atoms with Crippen LogP contribution in [0.1, 0.15) is 50.8 Å². The highest BCUT2D eigenvalue weighted by Crippen LogP contribution is 2.23. The van der Waals surface area contributed by atoms with Crippen LogP contribution in [0.5, 0.6) is 0 Å². The molecule has 0 saturated carbocycles. The zero-order valence-corrected chi connectivity index (χ0v) is 20.3. The van der Waals surface area contributed by atoms with Crippen LogP contribution in [0.3, 0.4) is 0 Å². The Morgan fingerprint density at radius 2 is 1.76 bits per heavy atom. The quantitative estimate of drug-likeness (QED) is 0.495. The van der Waals surface area contributed by atoms with Gasteiger partial charge >= 0.3 is 0 Å². The summed E-state index contributed by atoms with van der Waals surface area (Å²) in [6.45, 7) is 11.5. The summed E-state index contributed by atoms with van der Waals surface area (Å²) in [5, 5.41) is 7.09. The fraction of sp³-hybridized carbons (Fsp3) is 0.556. The number of rotatable bonds is 7. The molecule has 4 rings (SSSR count). The van der Waals surface area contributed by atoms with E-state index in [9.17, 15) is 0 Å². The Morgan fingerprint density at radius 1 is 1.00 bits per heavy atom. The third-order valence-electron chi connectivity index (χ3n) is 6.89. The van der Waals surface area contributed by atoms with E-state index in [0.29, 0.717) is 12.6 Å². The predicted octanol–water partition coefficient (Wildman–Crippen LogP) is 4.04. The van der Waals surface area contributed by atoms with Gasteiger partial charge in [0.15, 0.2) is 5.96 Å². The first-order chi connectivity index (χ1) is 16.2. The van der Waals surface area contributed by atoms with E-state index in [4.69, 9.17) is 4.99 Å².